The number of para-hydroxylation sites is 1. The maximum atomic E-state index is 13.2. The van der Waals surface area contributed by atoms with E-state index in [1.165, 1.54) is 35.2 Å². The molecule has 12 heteroatoms. The lowest BCUT2D eigenvalue weighted by Gasteiger charge is -2.30. The molecule has 10 nitrogen and oxygen atoms in total. The van der Waals surface area contributed by atoms with Gasteiger partial charge in [-0.25, -0.2) is 27.7 Å². The van der Waals surface area contributed by atoms with E-state index in [4.69, 9.17) is 9.47 Å². The van der Waals surface area contributed by atoms with Crippen LogP contribution in [-0.4, -0.2) is 85.2 Å². The normalized spacial score (nSPS) is 13.9. The average Bonchev–Trinajstić information content (AvgIpc) is 3.22. The van der Waals surface area contributed by atoms with E-state index in [1.807, 2.05) is 0 Å². The number of anilines is 1. The Bertz CT molecular complexity index is 1310. The lowest BCUT2D eigenvalue weighted by molar-refractivity contribution is 0.404. The van der Waals surface area contributed by atoms with Gasteiger partial charge in [0.25, 0.3) is 0 Å². The molecule has 184 valence electrons. The molecule has 34 heavy (non-hydrogen) atoms. The molecule has 2 aromatic rings. The summed E-state index contributed by atoms with van der Waals surface area (Å²) in [6, 6.07) is 4.74. The first-order valence-electron chi connectivity index (χ1n) is 10.3. The Labute approximate surface area is 201 Å². The quantitative estimate of drug-likeness (QED) is 0.518. The summed E-state index contributed by atoms with van der Waals surface area (Å²) in [5, 5.41) is 19.3. The van der Waals surface area contributed by atoms with Crippen molar-refractivity contribution >= 4 is 37.6 Å². The van der Waals surface area contributed by atoms with Gasteiger partial charge in [0.15, 0.2) is 11.5 Å². The fraction of sp³-hybridized carbons (Fsp3) is 0.409. The molecule has 1 aliphatic rings. The van der Waals surface area contributed by atoms with Crippen molar-refractivity contribution in [2.75, 3.05) is 55.3 Å². The number of aliphatic imine (C=N–C) groups is 1. The molecular weight excluding hydrogens is 478 g/mol. The number of aromatic hydroxyl groups is 1. The second-order valence-corrected chi connectivity index (χ2v) is 14.9. The summed E-state index contributed by atoms with van der Waals surface area (Å²) in [5.41, 5.74) is 6.06. The smallest absolute Gasteiger partial charge is 0.246 e. The number of ether oxygens (including phenoxy) is 2. The molecule has 0 saturated heterocycles. The highest BCUT2D eigenvalue weighted by Gasteiger charge is 2.32. The molecule has 2 heterocycles. The standard InChI is InChI=1S/C22H29N5O5S2/c1-7-34(29,30)26(14-15-33(4,5)6)22-25-24-21(16-10-8-13-19(23-16)32-3)27(22)20-17(28)11-9-12-18(20)31-2/h9,11-13,28H,7,14-15H2,1-6H3. The van der Waals surface area contributed by atoms with Gasteiger partial charge in [-0.05, 0) is 49.3 Å². The molecule has 0 radical (unpaired) electrons. The summed E-state index contributed by atoms with van der Waals surface area (Å²) in [4.78, 5) is 4.35. The van der Waals surface area contributed by atoms with Crippen LogP contribution in [0.15, 0.2) is 40.7 Å². The second-order valence-electron chi connectivity index (χ2n) is 8.17. The van der Waals surface area contributed by atoms with E-state index in [2.05, 4.69) is 45.4 Å². The number of nitrogens with zero attached hydrogens (tertiary/aromatic N) is 5. The van der Waals surface area contributed by atoms with Crippen LogP contribution in [0.25, 0.3) is 11.4 Å². The highest BCUT2D eigenvalue weighted by atomic mass is 32.3. The number of sulfonamides is 1. The predicted octanol–water partition coefficient (Wildman–Crippen LogP) is 2.54. The minimum Gasteiger partial charge on any atom is -0.506 e. The number of hydrogen-bond acceptors (Lipinski definition) is 8. The Morgan fingerprint density at radius 2 is 1.88 bits per heavy atom. The van der Waals surface area contributed by atoms with Crippen LogP contribution in [0.2, 0.25) is 0 Å². The Morgan fingerprint density at radius 1 is 1.15 bits per heavy atom. The van der Waals surface area contributed by atoms with Crippen LogP contribution < -0.4 is 9.04 Å². The summed E-state index contributed by atoms with van der Waals surface area (Å²) in [6.45, 7) is 1.77. The number of hydrogen-bond donors (Lipinski definition) is 1. The zero-order chi connectivity index (χ0) is 25.1. The van der Waals surface area contributed by atoms with Gasteiger partial charge in [0.2, 0.25) is 21.9 Å². The van der Waals surface area contributed by atoms with Crippen LogP contribution in [0.4, 0.5) is 5.95 Å². The molecule has 0 bridgehead atoms. The van der Waals surface area contributed by atoms with Gasteiger partial charge in [-0.2, -0.15) is 0 Å². The first-order valence-corrected chi connectivity index (χ1v) is 15.0. The summed E-state index contributed by atoms with van der Waals surface area (Å²) in [6.07, 6.45) is 7.83. The van der Waals surface area contributed by atoms with E-state index in [1.54, 1.807) is 19.1 Å². The van der Waals surface area contributed by atoms with Crippen molar-refractivity contribution in [1.29, 1.82) is 0 Å². The van der Waals surface area contributed by atoms with Crippen LogP contribution in [0.5, 0.6) is 11.5 Å². The van der Waals surface area contributed by atoms with Gasteiger partial charge < -0.3 is 14.6 Å². The van der Waals surface area contributed by atoms with E-state index >= 15 is 0 Å². The second kappa shape index (κ2) is 9.99. The molecular formula is C22H29N5O5S2. The van der Waals surface area contributed by atoms with Gasteiger partial charge in [0.05, 0.1) is 26.0 Å². The number of aromatic nitrogens is 3. The molecule has 1 aliphatic heterocycles. The molecule has 0 atom stereocenters. The van der Waals surface area contributed by atoms with Crippen molar-refractivity contribution in [3.8, 4) is 17.2 Å². The van der Waals surface area contributed by atoms with Gasteiger partial charge in [0.1, 0.15) is 17.2 Å². The summed E-state index contributed by atoms with van der Waals surface area (Å²) < 4.78 is 39.7. The number of methoxy groups -OCH3 is 2. The Kier molecular flexibility index (Phi) is 7.48. The van der Waals surface area contributed by atoms with Crippen molar-refractivity contribution < 1.29 is 23.0 Å². The van der Waals surface area contributed by atoms with Crippen molar-refractivity contribution in [2.45, 2.75) is 6.92 Å². The first kappa shape index (κ1) is 25.5. The molecule has 3 rings (SSSR count). The zero-order valence-electron chi connectivity index (χ0n) is 20.1. The average molecular weight is 508 g/mol. The monoisotopic (exact) mass is 507 g/mol. The molecule has 0 amide bonds. The Morgan fingerprint density at radius 3 is 2.50 bits per heavy atom. The minimum atomic E-state index is -3.74. The number of phenols is 1. The lowest BCUT2D eigenvalue weighted by atomic mass is 10.2. The van der Waals surface area contributed by atoms with E-state index in [0.717, 1.165) is 0 Å². The molecule has 0 saturated carbocycles. The lowest BCUT2D eigenvalue weighted by Crippen LogP contribution is -2.37. The number of rotatable bonds is 9. The Balaban J connectivity index is 2.35. The summed E-state index contributed by atoms with van der Waals surface area (Å²) in [7, 11) is -1.85. The molecule has 0 aliphatic carbocycles. The molecule has 0 spiro atoms. The zero-order valence-corrected chi connectivity index (χ0v) is 21.7. The number of phenolic OH excluding ortho intramolecular Hbond substituents is 1. The summed E-state index contributed by atoms with van der Waals surface area (Å²) in [5.74, 6) is 1.08. The van der Waals surface area contributed by atoms with E-state index in [9.17, 15) is 13.5 Å². The molecule has 0 fully saturated rings. The maximum Gasteiger partial charge on any atom is 0.246 e. The van der Waals surface area contributed by atoms with E-state index < -0.39 is 20.1 Å². The number of benzene rings is 1. The maximum absolute atomic E-state index is 13.2. The minimum absolute atomic E-state index is 0.0123. The molecule has 1 N–H and O–H groups in total. The van der Waals surface area contributed by atoms with Gasteiger partial charge >= 0.3 is 0 Å². The summed E-state index contributed by atoms with van der Waals surface area (Å²) >= 11 is 0. The largest absolute Gasteiger partial charge is 0.506 e. The van der Waals surface area contributed by atoms with Gasteiger partial charge in [-0.1, -0.05) is 11.8 Å². The van der Waals surface area contributed by atoms with Crippen LogP contribution in [0.3, 0.4) is 0 Å². The van der Waals surface area contributed by atoms with E-state index in [-0.39, 0.29) is 47.1 Å². The van der Waals surface area contributed by atoms with Crippen molar-refractivity contribution in [3.05, 3.63) is 41.6 Å². The van der Waals surface area contributed by atoms with Gasteiger partial charge in [-0.3, -0.25) is 4.57 Å². The Hall–Kier alpha value is -3.17. The van der Waals surface area contributed by atoms with Crippen LogP contribution in [-0.2, 0) is 14.8 Å². The van der Waals surface area contributed by atoms with Crippen molar-refractivity contribution in [2.24, 2.45) is 4.99 Å². The molecule has 0 unspecified atom stereocenters. The fourth-order valence-electron chi connectivity index (χ4n) is 3.12. The van der Waals surface area contributed by atoms with Crippen LogP contribution >= 0.6 is 10.0 Å². The predicted molar refractivity (Wildman–Crippen MR) is 136 cm³/mol. The third-order valence-corrected chi connectivity index (χ3v) is 8.08. The van der Waals surface area contributed by atoms with Crippen molar-refractivity contribution in [3.63, 3.8) is 0 Å². The van der Waals surface area contributed by atoms with Crippen LogP contribution in [0, 0.1) is 0 Å². The van der Waals surface area contributed by atoms with Gasteiger partial charge in [0, 0.05) is 6.54 Å². The molecule has 1 aromatic carbocycles. The highest BCUT2D eigenvalue weighted by molar-refractivity contribution is 8.32. The SMILES string of the molecule is CCS(=O)(=O)N(CCS(C)(C)C)c1nnc(C2=C=C=CC(OC)=N2)n1-c1c(O)cccc1OC. The topological polar surface area (TPSA) is 119 Å². The third kappa shape index (κ3) is 5.31. The highest BCUT2D eigenvalue weighted by Crippen LogP contribution is 2.39. The van der Waals surface area contributed by atoms with Gasteiger partial charge in [-0.15, -0.1) is 10.2 Å². The van der Waals surface area contributed by atoms with Crippen LogP contribution in [0.1, 0.15) is 12.7 Å². The van der Waals surface area contributed by atoms with E-state index in [0.29, 0.717) is 11.5 Å². The molecule has 1 aromatic heterocycles. The van der Waals surface area contributed by atoms with Crippen molar-refractivity contribution in [1.82, 2.24) is 14.8 Å². The fourth-order valence-corrected chi connectivity index (χ4v) is 5.01. The first-order chi connectivity index (χ1) is 16.0. The third-order valence-electron chi connectivity index (χ3n) is 4.93.